The molecule has 5 heteroatoms. The highest BCUT2D eigenvalue weighted by Crippen LogP contribution is 2.19. The molecule has 0 aliphatic carbocycles. The van der Waals surface area contributed by atoms with Crippen LogP contribution in [0.4, 0.5) is 11.4 Å². The van der Waals surface area contributed by atoms with Crippen molar-refractivity contribution in [1.29, 1.82) is 5.26 Å². The topological polar surface area (TPSA) is 78.9 Å². The molecule has 0 aliphatic rings. The number of carbonyl (C=O) groups is 1. The molecular weight excluding hydrogens is 210 g/mol. The van der Waals surface area contributed by atoms with Gasteiger partial charge in [-0.05, 0) is 24.5 Å². The third-order valence-electron chi connectivity index (χ3n) is 1.73. The monoisotopic (exact) mass is 221 g/mol. The summed E-state index contributed by atoms with van der Waals surface area (Å²) in [5, 5.41) is 11.3. The van der Waals surface area contributed by atoms with Crippen LogP contribution in [0.5, 0.6) is 0 Å². The van der Waals surface area contributed by atoms with Crippen molar-refractivity contribution in [2.45, 2.75) is 0 Å². The van der Waals surface area contributed by atoms with Crippen LogP contribution in [0.15, 0.2) is 18.2 Å². The van der Waals surface area contributed by atoms with Gasteiger partial charge in [0.1, 0.15) is 0 Å². The summed E-state index contributed by atoms with van der Waals surface area (Å²) in [5.41, 5.74) is 7.11. The predicted octanol–water partition coefficient (Wildman–Crippen LogP) is 1.44. The van der Waals surface area contributed by atoms with E-state index in [0.717, 1.165) is 0 Å². The smallest absolute Gasteiger partial charge is 0.234 e. The first-order valence-electron chi connectivity index (χ1n) is 4.25. The Kier molecular flexibility index (Phi) is 4.01. The van der Waals surface area contributed by atoms with Crippen LogP contribution in [-0.2, 0) is 4.79 Å². The lowest BCUT2D eigenvalue weighted by Gasteiger charge is -2.07. The second-order valence-corrected chi connectivity index (χ2v) is 3.76. The summed E-state index contributed by atoms with van der Waals surface area (Å²) in [6.45, 7) is 0. The van der Waals surface area contributed by atoms with E-state index in [9.17, 15) is 4.79 Å². The lowest BCUT2D eigenvalue weighted by molar-refractivity contribution is -0.113. The highest BCUT2D eigenvalue weighted by molar-refractivity contribution is 7.99. The zero-order chi connectivity index (χ0) is 11.3. The molecule has 0 saturated carbocycles. The molecule has 0 unspecified atom stereocenters. The Bertz CT molecular complexity index is 412. The molecule has 0 aromatic heterocycles. The Morgan fingerprint density at radius 3 is 2.93 bits per heavy atom. The van der Waals surface area contributed by atoms with E-state index in [1.807, 2.05) is 12.3 Å². The van der Waals surface area contributed by atoms with Gasteiger partial charge in [0.05, 0.1) is 28.8 Å². The number of nitrogens with zero attached hydrogens (tertiary/aromatic N) is 1. The van der Waals surface area contributed by atoms with Crippen molar-refractivity contribution in [3.05, 3.63) is 23.8 Å². The van der Waals surface area contributed by atoms with Gasteiger partial charge in [-0.3, -0.25) is 4.79 Å². The molecule has 0 bridgehead atoms. The molecule has 4 nitrogen and oxygen atoms in total. The number of amides is 1. The van der Waals surface area contributed by atoms with E-state index in [-0.39, 0.29) is 5.91 Å². The van der Waals surface area contributed by atoms with E-state index in [0.29, 0.717) is 22.7 Å². The number of anilines is 2. The van der Waals surface area contributed by atoms with Gasteiger partial charge < -0.3 is 11.1 Å². The van der Waals surface area contributed by atoms with Crippen LogP contribution in [-0.4, -0.2) is 17.9 Å². The Balaban J connectivity index is 2.79. The largest absolute Gasteiger partial charge is 0.397 e. The highest BCUT2D eigenvalue weighted by Gasteiger charge is 2.04. The van der Waals surface area contributed by atoms with Crippen LogP contribution in [0, 0.1) is 11.3 Å². The van der Waals surface area contributed by atoms with E-state index in [1.165, 1.54) is 17.8 Å². The van der Waals surface area contributed by atoms with Gasteiger partial charge in [0.25, 0.3) is 0 Å². The van der Waals surface area contributed by atoms with Crippen molar-refractivity contribution in [2.24, 2.45) is 0 Å². The number of hydrogen-bond acceptors (Lipinski definition) is 4. The number of hydrogen-bond donors (Lipinski definition) is 2. The number of nitrogens with one attached hydrogen (secondary N) is 1. The summed E-state index contributed by atoms with van der Waals surface area (Å²) in [7, 11) is 0. The van der Waals surface area contributed by atoms with E-state index < -0.39 is 0 Å². The molecule has 1 rings (SSSR count). The van der Waals surface area contributed by atoms with Gasteiger partial charge in [0, 0.05) is 0 Å². The molecular formula is C10H11N3OS. The summed E-state index contributed by atoms with van der Waals surface area (Å²) in [6.07, 6.45) is 1.85. The molecule has 0 saturated heterocycles. The van der Waals surface area contributed by atoms with Crippen molar-refractivity contribution in [3.63, 3.8) is 0 Å². The maximum Gasteiger partial charge on any atom is 0.234 e. The number of nitriles is 1. The minimum atomic E-state index is -0.0982. The second kappa shape index (κ2) is 5.27. The molecule has 1 amide bonds. The van der Waals surface area contributed by atoms with Crippen LogP contribution in [0.2, 0.25) is 0 Å². The molecule has 1 aromatic carbocycles. The highest BCUT2D eigenvalue weighted by atomic mass is 32.2. The molecule has 3 N–H and O–H groups in total. The molecule has 0 aliphatic heterocycles. The van der Waals surface area contributed by atoms with Gasteiger partial charge >= 0.3 is 0 Å². The first kappa shape index (κ1) is 11.4. The Hall–Kier alpha value is -1.67. The van der Waals surface area contributed by atoms with Gasteiger partial charge in [-0.2, -0.15) is 17.0 Å². The summed E-state index contributed by atoms with van der Waals surface area (Å²) in [4.78, 5) is 11.3. The van der Waals surface area contributed by atoms with Crippen molar-refractivity contribution < 1.29 is 4.79 Å². The number of benzene rings is 1. The molecule has 0 fully saturated rings. The number of thioether (sulfide) groups is 1. The van der Waals surface area contributed by atoms with Gasteiger partial charge in [-0.25, -0.2) is 0 Å². The normalized spacial score (nSPS) is 9.33. The van der Waals surface area contributed by atoms with E-state index in [4.69, 9.17) is 11.0 Å². The molecule has 15 heavy (non-hydrogen) atoms. The minimum absolute atomic E-state index is 0.0982. The number of nitrogens with two attached hydrogens (primary N) is 1. The molecule has 0 radical (unpaired) electrons. The number of rotatable bonds is 3. The zero-order valence-corrected chi connectivity index (χ0v) is 9.10. The van der Waals surface area contributed by atoms with Gasteiger partial charge in [0.15, 0.2) is 0 Å². The Morgan fingerprint density at radius 1 is 1.67 bits per heavy atom. The van der Waals surface area contributed by atoms with Crippen LogP contribution in [0.3, 0.4) is 0 Å². The van der Waals surface area contributed by atoms with Crippen LogP contribution in [0.1, 0.15) is 5.56 Å². The van der Waals surface area contributed by atoms with Crippen molar-refractivity contribution in [3.8, 4) is 6.07 Å². The average molecular weight is 221 g/mol. The maximum atomic E-state index is 11.3. The summed E-state index contributed by atoms with van der Waals surface area (Å²) in [6, 6.07) is 6.76. The summed E-state index contributed by atoms with van der Waals surface area (Å²) >= 11 is 1.44. The lowest BCUT2D eigenvalue weighted by Crippen LogP contribution is -2.14. The maximum absolute atomic E-state index is 11.3. The van der Waals surface area contributed by atoms with Gasteiger partial charge in [-0.15, -0.1) is 0 Å². The molecule has 1 aromatic rings. The van der Waals surface area contributed by atoms with E-state index in [2.05, 4.69) is 5.32 Å². The van der Waals surface area contributed by atoms with Crippen LogP contribution in [0.25, 0.3) is 0 Å². The summed E-state index contributed by atoms with van der Waals surface area (Å²) < 4.78 is 0. The molecule has 0 heterocycles. The van der Waals surface area contributed by atoms with Crippen LogP contribution >= 0.6 is 11.8 Å². The van der Waals surface area contributed by atoms with Crippen molar-refractivity contribution in [2.75, 3.05) is 23.1 Å². The Labute approximate surface area is 92.5 Å². The Morgan fingerprint density at radius 2 is 2.40 bits per heavy atom. The molecule has 0 atom stereocenters. The minimum Gasteiger partial charge on any atom is -0.397 e. The standard InChI is InChI=1S/C10H11N3OS/c1-15-6-10(14)13-9-3-2-7(5-11)4-8(9)12/h2-4H,6,12H2,1H3,(H,13,14). The quantitative estimate of drug-likeness (QED) is 0.757. The number of nitrogen functional groups attached to an aromatic ring is 1. The van der Waals surface area contributed by atoms with E-state index in [1.54, 1.807) is 12.1 Å². The third kappa shape index (κ3) is 3.18. The fourth-order valence-corrected chi connectivity index (χ4v) is 1.40. The van der Waals surface area contributed by atoms with Crippen molar-refractivity contribution in [1.82, 2.24) is 0 Å². The van der Waals surface area contributed by atoms with Gasteiger partial charge in [-0.1, -0.05) is 0 Å². The summed E-state index contributed by atoms with van der Waals surface area (Å²) in [5.74, 6) is 0.290. The number of carbonyl (C=O) groups excluding carboxylic acids is 1. The van der Waals surface area contributed by atoms with E-state index >= 15 is 0 Å². The zero-order valence-electron chi connectivity index (χ0n) is 8.28. The fraction of sp³-hybridized carbons (Fsp3) is 0.200. The van der Waals surface area contributed by atoms with Crippen molar-refractivity contribution >= 4 is 29.0 Å². The first-order valence-corrected chi connectivity index (χ1v) is 5.65. The predicted molar refractivity (Wildman–Crippen MR) is 62.6 cm³/mol. The van der Waals surface area contributed by atoms with Crippen LogP contribution < -0.4 is 11.1 Å². The lowest BCUT2D eigenvalue weighted by atomic mass is 10.2. The van der Waals surface area contributed by atoms with Gasteiger partial charge in [0.2, 0.25) is 5.91 Å². The second-order valence-electron chi connectivity index (χ2n) is 2.90. The fourth-order valence-electron chi connectivity index (χ4n) is 1.06. The molecule has 78 valence electrons. The third-order valence-corrected chi connectivity index (χ3v) is 2.28. The average Bonchev–Trinajstić information content (AvgIpc) is 2.21. The SMILES string of the molecule is CSCC(=O)Nc1ccc(C#N)cc1N. The first-order chi connectivity index (χ1) is 7.17. The molecule has 0 spiro atoms.